The fourth-order valence-electron chi connectivity index (χ4n) is 2.79. The van der Waals surface area contributed by atoms with Gasteiger partial charge in [0.2, 0.25) is 0 Å². The fraction of sp³-hybridized carbons (Fsp3) is 0. The molecule has 0 radical (unpaired) electrons. The van der Waals surface area contributed by atoms with E-state index in [0.717, 1.165) is 16.3 Å². The smallest absolute Gasteiger partial charge is 0.266 e. The number of aromatic amines is 1. The molecule has 27 heavy (non-hydrogen) atoms. The van der Waals surface area contributed by atoms with Crippen LogP contribution in [0.15, 0.2) is 71.5 Å². The number of carbonyl (C=O) groups excluding carboxylic acids is 1. The van der Waals surface area contributed by atoms with Crippen LogP contribution >= 0.6 is 22.9 Å². The molecule has 0 bridgehead atoms. The molecule has 0 spiro atoms. The zero-order valence-corrected chi connectivity index (χ0v) is 15.7. The number of benzene rings is 3. The number of aromatic nitrogens is 1. The summed E-state index contributed by atoms with van der Waals surface area (Å²) in [5, 5.41) is 2.84. The Hall–Kier alpha value is -2.95. The molecule has 1 N–H and O–H groups in total. The lowest BCUT2D eigenvalue weighted by atomic mass is 10.1. The number of H-pyrrole nitrogens is 1. The van der Waals surface area contributed by atoms with Crippen LogP contribution in [0.4, 0.5) is 0 Å². The van der Waals surface area contributed by atoms with Crippen LogP contribution in [0.5, 0.6) is 0 Å². The molecule has 1 heterocycles. The van der Waals surface area contributed by atoms with E-state index in [2.05, 4.69) is 4.98 Å². The van der Waals surface area contributed by atoms with Gasteiger partial charge in [0.15, 0.2) is 5.78 Å². The normalized spacial score (nSPS) is 12.6. The van der Waals surface area contributed by atoms with Crippen molar-refractivity contribution in [1.82, 2.24) is 4.98 Å². The Morgan fingerprint density at radius 1 is 0.963 bits per heavy atom. The van der Waals surface area contributed by atoms with Crippen molar-refractivity contribution in [3.63, 3.8) is 0 Å². The average Bonchev–Trinajstić information content (AvgIpc) is 3.01. The van der Waals surface area contributed by atoms with Crippen LogP contribution in [-0.2, 0) is 0 Å². The van der Waals surface area contributed by atoms with Crippen molar-refractivity contribution < 1.29 is 4.79 Å². The van der Waals surface area contributed by atoms with Crippen molar-refractivity contribution in [1.29, 1.82) is 0 Å². The number of nitrogens with one attached hydrogen (secondary N) is 1. The number of Topliss-reactive ketones (excluding diaryl/α,β-unsaturated/α-hetero) is 1. The number of hydrogen-bond donors (Lipinski definition) is 1. The van der Waals surface area contributed by atoms with Crippen LogP contribution in [0, 0.1) is 0 Å². The first-order valence-corrected chi connectivity index (χ1v) is 9.49. The summed E-state index contributed by atoms with van der Waals surface area (Å²) in [6, 6.07) is 20.8. The number of rotatable bonds is 3. The lowest BCUT2D eigenvalue weighted by molar-refractivity contribution is 0.106. The summed E-state index contributed by atoms with van der Waals surface area (Å²) in [5.74, 6) is -0.179. The van der Waals surface area contributed by atoms with Gasteiger partial charge in [0.05, 0.1) is 9.20 Å². The van der Waals surface area contributed by atoms with Gasteiger partial charge in [-0.1, -0.05) is 48.0 Å². The summed E-state index contributed by atoms with van der Waals surface area (Å²) >= 11 is 7.10. The summed E-state index contributed by atoms with van der Waals surface area (Å²) < 4.78 is 1.08. The SMILES string of the molecule is O=C(/C=c1\[nH]c(=O)/c(=C\c2ccc3ccccc3c2)s1)c1ccc(Cl)cc1. The Kier molecular flexibility index (Phi) is 4.75. The molecule has 0 aliphatic carbocycles. The van der Waals surface area contributed by atoms with E-state index >= 15 is 0 Å². The molecule has 0 amide bonds. The molecular formula is C22H14ClNO2S. The topological polar surface area (TPSA) is 49.9 Å². The molecule has 0 saturated carbocycles. The van der Waals surface area contributed by atoms with Crippen molar-refractivity contribution in [2.75, 3.05) is 0 Å². The minimum Gasteiger partial charge on any atom is -0.313 e. The van der Waals surface area contributed by atoms with Crippen molar-refractivity contribution in [3.05, 3.63) is 102 Å². The van der Waals surface area contributed by atoms with Crippen LogP contribution < -0.4 is 14.8 Å². The Morgan fingerprint density at radius 3 is 2.48 bits per heavy atom. The van der Waals surface area contributed by atoms with Crippen LogP contribution in [0.3, 0.4) is 0 Å². The summed E-state index contributed by atoms with van der Waals surface area (Å²) in [5.41, 5.74) is 1.26. The Balaban J connectivity index is 1.71. The van der Waals surface area contributed by atoms with Gasteiger partial charge in [-0.05, 0) is 52.7 Å². The van der Waals surface area contributed by atoms with Gasteiger partial charge in [0.25, 0.3) is 5.56 Å². The highest BCUT2D eigenvalue weighted by molar-refractivity contribution is 7.07. The lowest BCUT2D eigenvalue weighted by Gasteiger charge is -1.98. The van der Waals surface area contributed by atoms with Gasteiger partial charge in [-0.15, -0.1) is 11.3 Å². The fourth-order valence-corrected chi connectivity index (χ4v) is 3.80. The molecule has 0 aliphatic heterocycles. The highest BCUT2D eigenvalue weighted by atomic mass is 35.5. The second-order valence-corrected chi connectivity index (χ2v) is 7.57. The Morgan fingerprint density at radius 2 is 1.70 bits per heavy atom. The largest absolute Gasteiger partial charge is 0.313 e. The van der Waals surface area contributed by atoms with E-state index < -0.39 is 0 Å². The monoisotopic (exact) mass is 391 g/mol. The standard InChI is InChI=1S/C22H14ClNO2S/c23-18-9-7-16(8-10-18)19(25)13-21-24-22(26)20(27-21)12-14-5-6-15-3-1-2-4-17(15)11-14/h1-13H,(H,24,26)/b20-12+,21-13+. The first kappa shape index (κ1) is 17.5. The maximum atomic E-state index is 12.3. The molecule has 0 fully saturated rings. The van der Waals surface area contributed by atoms with E-state index in [4.69, 9.17) is 11.6 Å². The maximum absolute atomic E-state index is 12.3. The zero-order chi connectivity index (χ0) is 18.8. The predicted molar refractivity (Wildman–Crippen MR) is 112 cm³/mol. The van der Waals surface area contributed by atoms with Crippen molar-refractivity contribution in [2.45, 2.75) is 0 Å². The molecule has 0 aliphatic rings. The van der Waals surface area contributed by atoms with E-state index in [0.29, 0.717) is 19.8 Å². The van der Waals surface area contributed by atoms with E-state index in [1.54, 1.807) is 24.3 Å². The third-order valence-corrected chi connectivity index (χ3v) is 5.36. The van der Waals surface area contributed by atoms with Gasteiger partial charge in [0, 0.05) is 16.7 Å². The van der Waals surface area contributed by atoms with Crippen LogP contribution in [0.2, 0.25) is 5.02 Å². The first-order valence-electron chi connectivity index (χ1n) is 8.30. The predicted octanol–water partition coefficient (Wildman–Crippen LogP) is 3.74. The lowest BCUT2D eigenvalue weighted by Crippen LogP contribution is -2.20. The summed E-state index contributed by atoms with van der Waals surface area (Å²) in [4.78, 5) is 27.3. The van der Waals surface area contributed by atoms with Crippen molar-refractivity contribution >= 4 is 51.6 Å². The number of hydrogen-bond acceptors (Lipinski definition) is 3. The Bertz CT molecular complexity index is 1320. The molecular weight excluding hydrogens is 378 g/mol. The van der Waals surface area contributed by atoms with Gasteiger partial charge >= 0.3 is 0 Å². The van der Waals surface area contributed by atoms with Gasteiger partial charge in [-0.2, -0.15) is 0 Å². The third-order valence-electron chi connectivity index (χ3n) is 4.14. The number of halogens is 1. The minimum atomic E-state index is -0.205. The minimum absolute atomic E-state index is 0.179. The molecule has 3 aromatic carbocycles. The molecule has 132 valence electrons. The number of thiazole rings is 1. The highest BCUT2D eigenvalue weighted by Gasteiger charge is 2.03. The average molecular weight is 392 g/mol. The van der Waals surface area contributed by atoms with Gasteiger partial charge in [-0.3, -0.25) is 9.59 Å². The first-order chi connectivity index (χ1) is 13.1. The third kappa shape index (κ3) is 3.92. The molecule has 4 aromatic rings. The zero-order valence-electron chi connectivity index (χ0n) is 14.1. The number of carbonyl (C=O) groups is 1. The summed E-state index contributed by atoms with van der Waals surface area (Å²) in [6.45, 7) is 0. The summed E-state index contributed by atoms with van der Waals surface area (Å²) in [6.07, 6.45) is 3.27. The highest BCUT2D eigenvalue weighted by Crippen LogP contribution is 2.15. The number of fused-ring (bicyclic) bond motifs is 1. The molecule has 0 saturated heterocycles. The molecule has 5 heteroatoms. The maximum Gasteiger partial charge on any atom is 0.266 e. The van der Waals surface area contributed by atoms with Crippen molar-refractivity contribution in [2.24, 2.45) is 0 Å². The second kappa shape index (κ2) is 7.35. The molecule has 1 aromatic heterocycles. The van der Waals surface area contributed by atoms with Gasteiger partial charge < -0.3 is 4.98 Å². The molecule has 0 atom stereocenters. The van der Waals surface area contributed by atoms with Gasteiger partial charge in [-0.25, -0.2) is 0 Å². The van der Waals surface area contributed by atoms with Crippen LogP contribution in [0.1, 0.15) is 15.9 Å². The summed E-state index contributed by atoms with van der Waals surface area (Å²) in [7, 11) is 0. The molecule has 3 nitrogen and oxygen atoms in total. The van der Waals surface area contributed by atoms with E-state index in [1.165, 1.54) is 17.4 Å². The molecule has 0 unspecified atom stereocenters. The Labute approximate surface area is 163 Å². The van der Waals surface area contributed by atoms with Gasteiger partial charge in [0.1, 0.15) is 0 Å². The van der Waals surface area contributed by atoms with Crippen LogP contribution in [-0.4, -0.2) is 10.8 Å². The number of ketones is 1. The van der Waals surface area contributed by atoms with Crippen molar-refractivity contribution in [3.8, 4) is 0 Å². The molecule has 4 rings (SSSR count). The van der Waals surface area contributed by atoms with Crippen LogP contribution in [0.25, 0.3) is 22.9 Å². The van der Waals surface area contributed by atoms with E-state index in [-0.39, 0.29) is 11.3 Å². The second-order valence-electron chi connectivity index (χ2n) is 6.05. The van der Waals surface area contributed by atoms with E-state index in [9.17, 15) is 9.59 Å². The quantitative estimate of drug-likeness (QED) is 0.541. The van der Waals surface area contributed by atoms with E-state index in [1.807, 2.05) is 48.5 Å².